The number of para-hydroxylation sites is 1. The Labute approximate surface area is 171 Å². The zero-order chi connectivity index (χ0) is 19.9. The van der Waals surface area contributed by atoms with Crippen molar-refractivity contribution in [1.29, 1.82) is 0 Å². The summed E-state index contributed by atoms with van der Waals surface area (Å²) in [5.41, 5.74) is 1.84. The number of likely N-dealkylation sites (tertiary alicyclic amines) is 1. The molecule has 1 aliphatic rings. The second kappa shape index (κ2) is 10.1. The van der Waals surface area contributed by atoms with Gasteiger partial charge in [0.1, 0.15) is 24.2 Å². The average Bonchev–Trinajstić information content (AvgIpc) is 2.72. The molecule has 1 saturated heterocycles. The van der Waals surface area contributed by atoms with Crippen LogP contribution in [0.5, 0.6) is 11.5 Å². The van der Waals surface area contributed by atoms with E-state index in [4.69, 9.17) is 21.1 Å². The molecule has 2 aromatic carbocycles. The van der Waals surface area contributed by atoms with Crippen molar-refractivity contribution < 1.29 is 19.7 Å². The first-order chi connectivity index (χ1) is 13.6. The molecule has 3 rings (SSSR count). The van der Waals surface area contributed by atoms with Gasteiger partial charge in [0.2, 0.25) is 0 Å². The fourth-order valence-corrected chi connectivity index (χ4v) is 3.80. The predicted molar refractivity (Wildman–Crippen MR) is 111 cm³/mol. The Kier molecular flexibility index (Phi) is 7.57. The molecule has 1 aliphatic heterocycles. The summed E-state index contributed by atoms with van der Waals surface area (Å²) in [7, 11) is 1.64. The smallest absolute Gasteiger partial charge is 0.126 e. The molecule has 0 amide bonds. The molecule has 28 heavy (non-hydrogen) atoms. The molecule has 1 fully saturated rings. The lowest BCUT2D eigenvalue weighted by Gasteiger charge is -2.32. The molecular formula is C22H28ClNO4. The second-order valence-electron chi connectivity index (χ2n) is 7.27. The van der Waals surface area contributed by atoms with Gasteiger partial charge in [0.25, 0.3) is 0 Å². The molecular weight excluding hydrogens is 378 g/mol. The number of β-amino-alcohol motifs (C(OH)–C–C–N with tert-alkyl or cyclic N) is 1. The molecule has 0 saturated carbocycles. The molecule has 152 valence electrons. The zero-order valence-electron chi connectivity index (χ0n) is 16.2. The van der Waals surface area contributed by atoms with Gasteiger partial charge in [-0.3, -0.25) is 0 Å². The summed E-state index contributed by atoms with van der Waals surface area (Å²) in [5, 5.41) is 20.1. The van der Waals surface area contributed by atoms with E-state index in [1.165, 1.54) is 0 Å². The van der Waals surface area contributed by atoms with E-state index >= 15 is 0 Å². The molecule has 0 aromatic heterocycles. The number of ether oxygens (including phenoxy) is 2. The summed E-state index contributed by atoms with van der Waals surface area (Å²) in [6.07, 6.45) is 1.36. The van der Waals surface area contributed by atoms with Gasteiger partial charge in [0.05, 0.1) is 7.11 Å². The van der Waals surface area contributed by atoms with Crippen molar-refractivity contribution >= 4 is 11.6 Å². The van der Waals surface area contributed by atoms with Crippen LogP contribution in [0.15, 0.2) is 42.5 Å². The van der Waals surface area contributed by atoms with Crippen molar-refractivity contribution in [2.45, 2.75) is 18.9 Å². The van der Waals surface area contributed by atoms with Crippen molar-refractivity contribution in [3.8, 4) is 22.6 Å². The highest BCUT2D eigenvalue weighted by Gasteiger charge is 2.20. The third-order valence-electron chi connectivity index (χ3n) is 5.17. The molecule has 0 bridgehead atoms. The van der Waals surface area contributed by atoms with Crippen LogP contribution in [-0.2, 0) is 0 Å². The Morgan fingerprint density at radius 2 is 1.93 bits per heavy atom. The highest BCUT2D eigenvalue weighted by molar-refractivity contribution is 6.31. The van der Waals surface area contributed by atoms with Crippen LogP contribution < -0.4 is 9.47 Å². The van der Waals surface area contributed by atoms with Crippen LogP contribution in [0, 0.1) is 5.92 Å². The molecule has 2 N–H and O–H groups in total. The van der Waals surface area contributed by atoms with E-state index in [1.54, 1.807) is 13.2 Å². The number of aliphatic hydroxyl groups is 2. The number of halogens is 1. The van der Waals surface area contributed by atoms with Gasteiger partial charge < -0.3 is 24.6 Å². The van der Waals surface area contributed by atoms with Crippen molar-refractivity contribution in [2.75, 3.05) is 40.0 Å². The van der Waals surface area contributed by atoms with E-state index in [1.807, 2.05) is 36.4 Å². The summed E-state index contributed by atoms with van der Waals surface area (Å²) in [6.45, 7) is 2.82. The minimum atomic E-state index is -0.584. The Balaban J connectivity index is 1.59. The van der Waals surface area contributed by atoms with Crippen LogP contribution in [0.2, 0.25) is 5.02 Å². The number of hydrogen-bond donors (Lipinski definition) is 2. The first kappa shape index (κ1) is 20.9. The largest absolute Gasteiger partial charge is 0.496 e. The van der Waals surface area contributed by atoms with E-state index in [2.05, 4.69) is 4.90 Å². The number of rotatable bonds is 8. The topological polar surface area (TPSA) is 62.2 Å². The molecule has 0 spiro atoms. The van der Waals surface area contributed by atoms with E-state index in [0.29, 0.717) is 23.2 Å². The quantitative estimate of drug-likeness (QED) is 0.704. The maximum absolute atomic E-state index is 10.4. The van der Waals surface area contributed by atoms with Crippen molar-refractivity contribution in [1.82, 2.24) is 4.90 Å². The van der Waals surface area contributed by atoms with Crippen LogP contribution in [-0.4, -0.2) is 61.2 Å². The van der Waals surface area contributed by atoms with Crippen LogP contribution in [0.4, 0.5) is 0 Å². The fraction of sp³-hybridized carbons (Fsp3) is 0.455. The standard InChI is InChI=1S/C22H28ClNO4/c1-27-22-5-3-2-4-21(22)17-10-18(23)12-20(11-17)28-15-19(26)13-24-8-6-16(14-25)7-9-24/h2-5,10-12,16,19,25-26H,6-9,13-15H2,1H3. The lowest BCUT2D eigenvalue weighted by Crippen LogP contribution is -2.41. The number of nitrogens with zero attached hydrogens (tertiary/aromatic N) is 1. The van der Waals surface area contributed by atoms with Crippen LogP contribution in [0.3, 0.4) is 0 Å². The summed E-state index contributed by atoms with van der Waals surface area (Å²) in [4.78, 5) is 2.22. The molecule has 1 atom stereocenters. The number of methoxy groups -OCH3 is 1. The Morgan fingerprint density at radius 1 is 1.18 bits per heavy atom. The molecule has 0 aliphatic carbocycles. The lowest BCUT2D eigenvalue weighted by atomic mass is 9.98. The van der Waals surface area contributed by atoms with E-state index in [0.717, 1.165) is 42.8 Å². The highest BCUT2D eigenvalue weighted by Crippen LogP contribution is 2.34. The van der Waals surface area contributed by atoms with E-state index < -0.39 is 6.10 Å². The SMILES string of the molecule is COc1ccccc1-c1cc(Cl)cc(OCC(O)CN2CCC(CO)CC2)c1. The molecule has 0 radical (unpaired) electrons. The summed E-state index contributed by atoms with van der Waals surface area (Å²) in [6, 6.07) is 13.3. The van der Waals surface area contributed by atoms with E-state index in [9.17, 15) is 10.2 Å². The number of aliphatic hydroxyl groups excluding tert-OH is 2. The monoisotopic (exact) mass is 405 g/mol. The molecule has 1 unspecified atom stereocenters. The minimum absolute atomic E-state index is 0.200. The maximum Gasteiger partial charge on any atom is 0.126 e. The van der Waals surface area contributed by atoms with Crippen molar-refractivity contribution in [3.05, 3.63) is 47.5 Å². The summed E-state index contributed by atoms with van der Waals surface area (Å²) >= 11 is 6.28. The van der Waals surface area contributed by atoms with Crippen LogP contribution >= 0.6 is 11.6 Å². The minimum Gasteiger partial charge on any atom is -0.496 e. The van der Waals surface area contributed by atoms with Gasteiger partial charge in [-0.15, -0.1) is 0 Å². The van der Waals surface area contributed by atoms with Crippen LogP contribution in [0.1, 0.15) is 12.8 Å². The molecule has 6 heteroatoms. The average molecular weight is 406 g/mol. The van der Waals surface area contributed by atoms with Crippen LogP contribution in [0.25, 0.3) is 11.1 Å². The summed E-state index contributed by atoms with van der Waals surface area (Å²) in [5.74, 6) is 1.78. The molecule has 5 nitrogen and oxygen atoms in total. The first-order valence-electron chi connectivity index (χ1n) is 9.67. The lowest BCUT2D eigenvalue weighted by molar-refractivity contribution is 0.0489. The third kappa shape index (κ3) is 5.61. The number of benzene rings is 2. The number of piperidine rings is 1. The molecule has 1 heterocycles. The second-order valence-corrected chi connectivity index (χ2v) is 7.70. The first-order valence-corrected chi connectivity index (χ1v) is 10.0. The highest BCUT2D eigenvalue weighted by atomic mass is 35.5. The normalized spacial score (nSPS) is 16.7. The van der Waals surface area contributed by atoms with Gasteiger partial charge in [-0.25, -0.2) is 0 Å². The van der Waals surface area contributed by atoms with Gasteiger partial charge in [-0.05, 0) is 61.7 Å². The fourth-order valence-electron chi connectivity index (χ4n) is 3.58. The zero-order valence-corrected chi connectivity index (χ0v) is 16.9. The van der Waals surface area contributed by atoms with Crippen molar-refractivity contribution in [3.63, 3.8) is 0 Å². The third-order valence-corrected chi connectivity index (χ3v) is 5.38. The Bertz CT molecular complexity index is 762. The summed E-state index contributed by atoms with van der Waals surface area (Å²) < 4.78 is 11.3. The van der Waals surface area contributed by atoms with Gasteiger partial charge in [-0.2, -0.15) is 0 Å². The van der Waals surface area contributed by atoms with Gasteiger partial charge in [-0.1, -0.05) is 29.8 Å². The van der Waals surface area contributed by atoms with E-state index in [-0.39, 0.29) is 13.2 Å². The Hall–Kier alpha value is -1.79. The van der Waals surface area contributed by atoms with Gasteiger partial charge in [0, 0.05) is 23.7 Å². The maximum atomic E-state index is 10.4. The predicted octanol–water partition coefficient (Wildman–Crippen LogP) is 3.46. The Morgan fingerprint density at radius 3 is 2.64 bits per heavy atom. The molecule has 2 aromatic rings. The van der Waals surface area contributed by atoms with Crippen molar-refractivity contribution in [2.24, 2.45) is 5.92 Å². The van der Waals surface area contributed by atoms with Gasteiger partial charge in [0.15, 0.2) is 0 Å². The number of hydrogen-bond acceptors (Lipinski definition) is 5. The van der Waals surface area contributed by atoms with Gasteiger partial charge >= 0.3 is 0 Å².